The van der Waals surface area contributed by atoms with Gasteiger partial charge >= 0.3 is 0 Å². The van der Waals surface area contributed by atoms with E-state index in [-0.39, 0.29) is 5.41 Å². The molecule has 2 nitrogen and oxygen atoms in total. The normalized spacial score (nSPS) is 11.7. The third kappa shape index (κ3) is 2.51. The summed E-state index contributed by atoms with van der Waals surface area (Å²) in [6.45, 7) is 7.61. The molecule has 1 N–H and O–H groups in total. The topological polar surface area (TPSA) is 24.9 Å². The molecule has 0 aliphatic heterocycles. The lowest BCUT2D eigenvalue weighted by Gasteiger charge is -2.20. The number of hydrogen-bond acceptors (Lipinski definition) is 2. The molecule has 1 aromatic heterocycles. The number of para-hydroxylation sites is 1. The first-order valence-electron chi connectivity index (χ1n) is 5.64. The van der Waals surface area contributed by atoms with Crippen molar-refractivity contribution in [3.8, 4) is 0 Å². The number of fused-ring (bicyclic) bond motifs is 1. The molecule has 16 heavy (non-hydrogen) atoms. The smallest absolute Gasteiger partial charge is 0.0933 e. The number of anilines is 1. The average molecular weight is 214 g/mol. The minimum absolute atomic E-state index is 0.275. The van der Waals surface area contributed by atoms with Gasteiger partial charge in [0.25, 0.3) is 0 Å². The lowest BCUT2D eigenvalue weighted by molar-refractivity contribution is 0.443. The maximum atomic E-state index is 4.42. The molecular weight excluding hydrogens is 196 g/mol. The monoisotopic (exact) mass is 214 g/mol. The first-order valence-corrected chi connectivity index (χ1v) is 5.64. The Bertz CT molecular complexity index is 478. The number of nitrogens with one attached hydrogen (secondary N) is 1. The van der Waals surface area contributed by atoms with Gasteiger partial charge in [0.2, 0.25) is 0 Å². The fourth-order valence-corrected chi connectivity index (χ4v) is 1.61. The van der Waals surface area contributed by atoms with E-state index in [2.05, 4.69) is 55.3 Å². The van der Waals surface area contributed by atoms with Crippen molar-refractivity contribution in [3.05, 3.63) is 36.5 Å². The van der Waals surface area contributed by atoms with E-state index in [0.717, 1.165) is 17.7 Å². The Labute approximate surface area is 96.7 Å². The van der Waals surface area contributed by atoms with Crippen LogP contribution in [0, 0.1) is 5.41 Å². The molecule has 0 spiro atoms. The average Bonchev–Trinajstić information content (AvgIpc) is 2.25. The van der Waals surface area contributed by atoms with E-state index in [1.54, 1.807) is 0 Å². The molecule has 0 saturated heterocycles. The van der Waals surface area contributed by atoms with Gasteiger partial charge in [0.1, 0.15) is 0 Å². The van der Waals surface area contributed by atoms with Gasteiger partial charge in [-0.2, -0.15) is 0 Å². The highest BCUT2D eigenvalue weighted by atomic mass is 14.9. The van der Waals surface area contributed by atoms with Crippen molar-refractivity contribution in [1.29, 1.82) is 0 Å². The zero-order valence-corrected chi connectivity index (χ0v) is 10.1. The van der Waals surface area contributed by atoms with E-state index in [1.807, 2.05) is 12.3 Å². The Balaban J connectivity index is 2.30. The SMILES string of the molecule is CC(C)(C)CNc1cccc2cccnc12. The van der Waals surface area contributed by atoms with Crippen molar-refractivity contribution < 1.29 is 0 Å². The highest BCUT2D eigenvalue weighted by molar-refractivity contribution is 5.90. The maximum absolute atomic E-state index is 4.42. The fourth-order valence-electron chi connectivity index (χ4n) is 1.61. The summed E-state index contributed by atoms with van der Waals surface area (Å²) >= 11 is 0. The quantitative estimate of drug-likeness (QED) is 0.824. The predicted octanol–water partition coefficient (Wildman–Crippen LogP) is 3.69. The molecule has 0 aliphatic rings. The molecule has 2 rings (SSSR count). The van der Waals surface area contributed by atoms with Gasteiger partial charge in [0.05, 0.1) is 11.2 Å². The van der Waals surface area contributed by atoms with Gasteiger partial charge in [-0.15, -0.1) is 0 Å². The van der Waals surface area contributed by atoms with Crippen LogP contribution in [0.1, 0.15) is 20.8 Å². The van der Waals surface area contributed by atoms with E-state index >= 15 is 0 Å². The highest BCUT2D eigenvalue weighted by Crippen LogP contribution is 2.22. The summed E-state index contributed by atoms with van der Waals surface area (Å²) in [4.78, 5) is 4.42. The summed E-state index contributed by atoms with van der Waals surface area (Å²) in [6.07, 6.45) is 1.84. The Morgan fingerprint density at radius 1 is 1.12 bits per heavy atom. The molecule has 0 bridgehead atoms. The third-order valence-electron chi connectivity index (χ3n) is 2.44. The van der Waals surface area contributed by atoms with Crippen molar-refractivity contribution >= 4 is 16.6 Å². The zero-order valence-electron chi connectivity index (χ0n) is 10.1. The van der Waals surface area contributed by atoms with Crippen LogP contribution in [0.3, 0.4) is 0 Å². The molecule has 0 fully saturated rings. The lowest BCUT2D eigenvalue weighted by atomic mass is 9.97. The summed E-state index contributed by atoms with van der Waals surface area (Å²) in [7, 11) is 0. The van der Waals surface area contributed by atoms with Gasteiger partial charge in [-0.05, 0) is 17.5 Å². The Kier molecular flexibility index (Phi) is 2.82. The largest absolute Gasteiger partial charge is 0.383 e. The molecule has 1 heterocycles. The third-order valence-corrected chi connectivity index (χ3v) is 2.44. The summed E-state index contributed by atoms with van der Waals surface area (Å²) < 4.78 is 0. The van der Waals surface area contributed by atoms with Crippen molar-refractivity contribution in [2.45, 2.75) is 20.8 Å². The van der Waals surface area contributed by atoms with Crippen molar-refractivity contribution in [2.24, 2.45) is 5.41 Å². The van der Waals surface area contributed by atoms with Crippen LogP contribution in [0.15, 0.2) is 36.5 Å². The molecule has 0 aliphatic carbocycles. The second-order valence-corrected chi connectivity index (χ2v) is 5.29. The highest BCUT2D eigenvalue weighted by Gasteiger charge is 2.10. The fraction of sp³-hybridized carbons (Fsp3) is 0.357. The molecule has 0 radical (unpaired) electrons. The number of benzene rings is 1. The minimum Gasteiger partial charge on any atom is -0.383 e. The van der Waals surface area contributed by atoms with Crippen LogP contribution in [-0.2, 0) is 0 Å². The molecule has 0 amide bonds. The van der Waals surface area contributed by atoms with Gasteiger partial charge in [0.15, 0.2) is 0 Å². The van der Waals surface area contributed by atoms with Crippen molar-refractivity contribution in [1.82, 2.24) is 4.98 Å². The first kappa shape index (κ1) is 10.9. The summed E-state index contributed by atoms with van der Waals surface area (Å²) in [5.74, 6) is 0. The standard InChI is InChI=1S/C14H18N2/c1-14(2,3)10-16-12-8-4-6-11-7-5-9-15-13(11)12/h4-9,16H,10H2,1-3H3. The van der Waals surface area contributed by atoms with Crippen LogP contribution in [0.25, 0.3) is 10.9 Å². The van der Waals surface area contributed by atoms with Gasteiger partial charge in [-0.1, -0.05) is 39.0 Å². The molecule has 84 valence electrons. The van der Waals surface area contributed by atoms with Crippen molar-refractivity contribution in [2.75, 3.05) is 11.9 Å². The Morgan fingerprint density at radius 2 is 1.88 bits per heavy atom. The Hall–Kier alpha value is -1.57. The summed E-state index contributed by atoms with van der Waals surface area (Å²) in [6, 6.07) is 10.3. The summed E-state index contributed by atoms with van der Waals surface area (Å²) in [5.41, 5.74) is 2.44. The maximum Gasteiger partial charge on any atom is 0.0933 e. The van der Waals surface area contributed by atoms with Gasteiger partial charge < -0.3 is 5.32 Å². The van der Waals surface area contributed by atoms with E-state index in [4.69, 9.17) is 0 Å². The molecule has 0 unspecified atom stereocenters. The van der Waals surface area contributed by atoms with Crippen LogP contribution in [0.4, 0.5) is 5.69 Å². The van der Waals surface area contributed by atoms with Crippen LogP contribution in [0.5, 0.6) is 0 Å². The number of nitrogens with zero attached hydrogens (tertiary/aromatic N) is 1. The number of rotatable bonds is 2. The molecule has 1 aromatic carbocycles. The predicted molar refractivity (Wildman–Crippen MR) is 69.7 cm³/mol. The van der Waals surface area contributed by atoms with E-state index in [9.17, 15) is 0 Å². The Morgan fingerprint density at radius 3 is 2.62 bits per heavy atom. The second kappa shape index (κ2) is 4.12. The molecule has 2 aromatic rings. The second-order valence-electron chi connectivity index (χ2n) is 5.29. The summed E-state index contributed by atoms with van der Waals surface area (Å²) in [5, 5.41) is 4.65. The zero-order chi connectivity index (χ0) is 11.6. The van der Waals surface area contributed by atoms with E-state index in [0.29, 0.717) is 0 Å². The molecule has 0 atom stereocenters. The van der Waals surface area contributed by atoms with E-state index in [1.165, 1.54) is 5.39 Å². The van der Waals surface area contributed by atoms with Gasteiger partial charge in [-0.25, -0.2) is 0 Å². The van der Waals surface area contributed by atoms with Crippen LogP contribution in [0.2, 0.25) is 0 Å². The number of pyridine rings is 1. The van der Waals surface area contributed by atoms with Crippen molar-refractivity contribution in [3.63, 3.8) is 0 Å². The molecule has 0 saturated carbocycles. The van der Waals surface area contributed by atoms with E-state index < -0.39 is 0 Å². The molecular formula is C14H18N2. The van der Waals surface area contributed by atoms with Gasteiger partial charge in [-0.3, -0.25) is 4.98 Å². The number of hydrogen-bond donors (Lipinski definition) is 1. The first-order chi connectivity index (χ1) is 7.56. The van der Waals surface area contributed by atoms with Gasteiger partial charge in [0, 0.05) is 18.1 Å². The molecule has 2 heteroatoms. The minimum atomic E-state index is 0.275. The van der Waals surface area contributed by atoms with Crippen LogP contribution < -0.4 is 5.32 Å². The van der Waals surface area contributed by atoms with Crippen LogP contribution >= 0.6 is 0 Å². The van der Waals surface area contributed by atoms with Crippen LogP contribution in [-0.4, -0.2) is 11.5 Å². The number of aromatic nitrogens is 1. The lowest BCUT2D eigenvalue weighted by Crippen LogP contribution is -2.19.